The second-order valence-corrected chi connectivity index (χ2v) is 7.63. The number of hydrogen-bond acceptors (Lipinski definition) is 7. The molecule has 0 saturated carbocycles. The summed E-state index contributed by atoms with van der Waals surface area (Å²) in [6, 6.07) is 16.1. The van der Waals surface area contributed by atoms with Crippen LogP contribution in [0.4, 0.5) is 17.5 Å². The number of aryl methyl sites for hydroxylation is 1. The molecule has 1 aromatic carbocycles. The number of rotatable bonds is 6. The highest BCUT2D eigenvalue weighted by Crippen LogP contribution is 2.23. The van der Waals surface area contributed by atoms with E-state index in [1.807, 2.05) is 31.2 Å². The number of hydrogen-bond donors (Lipinski definition) is 2. The van der Waals surface area contributed by atoms with Gasteiger partial charge in [0.25, 0.3) is 0 Å². The third-order valence-corrected chi connectivity index (χ3v) is 5.31. The van der Waals surface area contributed by atoms with E-state index in [-0.39, 0.29) is 0 Å². The van der Waals surface area contributed by atoms with Gasteiger partial charge in [-0.1, -0.05) is 18.2 Å². The van der Waals surface area contributed by atoms with Crippen molar-refractivity contribution in [2.45, 2.75) is 13.5 Å². The van der Waals surface area contributed by atoms with Gasteiger partial charge in [-0.3, -0.25) is 0 Å². The molecule has 4 rings (SSSR count). The first kappa shape index (κ1) is 20.9. The van der Waals surface area contributed by atoms with Gasteiger partial charge in [0, 0.05) is 37.9 Å². The van der Waals surface area contributed by atoms with Crippen LogP contribution in [0, 0.1) is 6.92 Å². The van der Waals surface area contributed by atoms with E-state index in [2.05, 4.69) is 54.7 Å². The van der Waals surface area contributed by atoms with Crippen LogP contribution in [0.2, 0.25) is 0 Å². The van der Waals surface area contributed by atoms with Crippen LogP contribution in [-0.4, -0.2) is 48.4 Å². The summed E-state index contributed by atoms with van der Waals surface area (Å²) >= 11 is 5.39. The van der Waals surface area contributed by atoms with Gasteiger partial charge < -0.3 is 29.6 Å². The highest BCUT2D eigenvalue weighted by Gasteiger charge is 2.20. The molecule has 0 amide bonds. The van der Waals surface area contributed by atoms with E-state index in [0.717, 1.165) is 43.5 Å². The minimum atomic E-state index is 0.396. The number of thiocarbonyl (C=S) groups is 1. The zero-order chi connectivity index (χ0) is 21.6. The molecule has 2 N–H and O–H groups in total. The van der Waals surface area contributed by atoms with Crippen molar-refractivity contribution in [2.75, 3.05) is 48.4 Å². The van der Waals surface area contributed by atoms with E-state index >= 15 is 0 Å². The van der Waals surface area contributed by atoms with Gasteiger partial charge in [0.2, 0.25) is 11.8 Å². The van der Waals surface area contributed by atoms with Gasteiger partial charge in [-0.25, -0.2) is 0 Å². The second kappa shape index (κ2) is 9.65. The van der Waals surface area contributed by atoms with E-state index < -0.39 is 0 Å². The van der Waals surface area contributed by atoms with Crippen molar-refractivity contribution in [1.29, 1.82) is 0 Å². The van der Waals surface area contributed by atoms with Crippen LogP contribution in [0.5, 0.6) is 5.88 Å². The minimum absolute atomic E-state index is 0.396. The van der Waals surface area contributed by atoms with Crippen molar-refractivity contribution in [3.05, 3.63) is 60.1 Å². The number of furan rings is 1. The number of ether oxygens (including phenoxy) is 1. The van der Waals surface area contributed by atoms with Crippen LogP contribution < -0.4 is 25.2 Å². The lowest BCUT2D eigenvalue weighted by Gasteiger charge is -2.36. The minimum Gasteiger partial charge on any atom is -0.481 e. The third kappa shape index (κ3) is 5.43. The number of para-hydroxylation sites is 1. The lowest BCUT2D eigenvalue weighted by Crippen LogP contribution is -2.46. The molecule has 31 heavy (non-hydrogen) atoms. The summed E-state index contributed by atoms with van der Waals surface area (Å²) < 4.78 is 10.9. The molecule has 1 saturated heterocycles. The second-order valence-electron chi connectivity index (χ2n) is 7.22. The highest BCUT2D eigenvalue weighted by molar-refractivity contribution is 7.80. The van der Waals surface area contributed by atoms with Crippen molar-refractivity contribution in [3.63, 3.8) is 0 Å². The zero-order valence-electron chi connectivity index (χ0n) is 17.7. The molecule has 1 fully saturated rings. The lowest BCUT2D eigenvalue weighted by atomic mass is 10.2. The fourth-order valence-electron chi connectivity index (χ4n) is 3.46. The van der Waals surface area contributed by atoms with E-state index in [0.29, 0.717) is 23.5 Å². The molecule has 3 heterocycles. The molecule has 8 nitrogen and oxygen atoms in total. The number of aromatic nitrogens is 2. The van der Waals surface area contributed by atoms with Gasteiger partial charge in [-0.05, 0) is 43.4 Å². The normalized spacial score (nSPS) is 13.7. The first-order valence-electron chi connectivity index (χ1n) is 10.2. The highest BCUT2D eigenvalue weighted by atomic mass is 32.1. The molecule has 0 radical (unpaired) electrons. The summed E-state index contributed by atoms with van der Waals surface area (Å²) in [5, 5.41) is 6.57. The Bertz CT molecular complexity index is 1020. The van der Waals surface area contributed by atoms with E-state index in [9.17, 15) is 0 Å². The Hall–Kier alpha value is -3.33. The van der Waals surface area contributed by atoms with E-state index in [4.69, 9.17) is 21.4 Å². The van der Waals surface area contributed by atoms with Gasteiger partial charge >= 0.3 is 0 Å². The number of anilines is 3. The molecule has 9 heteroatoms. The smallest absolute Gasteiger partial charge is 0.234 e. The Morgan fingerprint density at radius 1 is 1.06 bits per heavy atom. The van der Waals surface area contributed by atoms with E-state index in [1.165, 1.54) is 5.69 Å². The zero-order valence-corrected chi connectivity index (χ0v) is 18.5. The average molecular weight is 439 g/mol. The van der Waals surface area contributed by atoms with Crippen LogP contribution in [-0.2, 0) is 6.54 Å². The monoisotopic (exact) mass is 438 g/mol. The van der Waals surface area contributed by atoms with Gasteiger partial charge in [0.15, 0.2) is 5.11 Å². The van der Waals surface area contributed by atoms with Crippen LogP contribution in [0.25, 0.3) is 0 Å². The summed E-state index contributed by atoms with van der Waals surface area (Å²) in [6.45, 7) is 5.94. The molecule has 3 aromatic rings. The summed E-state index contributed by atoms with van der Waals surface area (Å²) in [5.41, 5.74) is 1.24. The van der Waals surface area contributed by atoms with Gasteiger partial charge in [-0.15, -0.1) is 0 Å². The molecule has 1 aliphatic heterocycles. The number of nitrogens with zero attached hydrogens (tertiary/aromatic N) is 4. The lowest BCUT2D eigenvalue weighted by molar-refractivity contribution is 0.397. The molecule has 2 aromatic heterocycles. The third-order valence-electron chi connectivity index (χ3n) is 5.07. The van der Waals surface area contributed by atoms with Crippen molar-refractivity contribution in [3.8, 4) is 5.88 Å². The fraction of sp³-hybridized carbons (Fsp3) is 0.318. The predicted molar refractivity (Wildman–Crippen MR) is 126 cm³/mol. The standard InChI is InChI=1S/C22H26N6O2S/c1-16-8-9-18(30-16)15-23-22(31)26-21-24-19(14-20(25-21)29-2)28-12-10-27(11-13-28)17-6-4-3-5-7-17/h3-9,14H,10-13,15H2,1-2H3,(H2,23,24,25,26,31). The fourth-order valence-corrected chi connectivity index (χ4v) is 3.62. The van der Waals surface area contributed by atoms with Crippen LogP contribution in [0.1, 0.15) is 11.5 Å². The van der Waals surface area contributed by atoms with Gasteiger partial charge in [0.05, 0.1) is 13.7 Å². The quantitative estimate of drug-likeness (QED) is 0.564. The Kier molecular flexibility index (Phi) is 6.51. The Morgan fingerprint density at radius 2 is 1.81 bits per heavy atom. The number of methoxy groups -OCH3 is 1. The molecule has 0 aliphatic carbocycles. The molecule has 0 unspecified atom stereocenters. The van der Waals surface area contributed by atoms with Crippen molar-refractivity contribution in [1.82, 2.24) is 15.3 Å². The number of piperazine rings is 1. The van der Waals surface area contributed by atoms with Crippen LogP contribution in [0.15, 0.2) is 52.9 Å². The van der Waals surface area contributed by atoms with Crippen molar-refractivity contribution >= 4 is 34.8 Å². The largest absolute Gasteiger partial charge is 0.481 e. The van der Waals surface area contributed by atoms with E-state index in [1.54, 1.807) is 7.11 Å². The van der Waals surface area contributed by atoms with Gasteiger partial charge in [0.1, 0.15) is 17.3 Å². The van der Waals surface area contributed by atoms with Crippen molar-refractivity contribution < 1.29 is 9.15 Å². The molecule has 162 valence electrons. The maximum Gasteiger partial charge on any atom is 0.234 e. The Morgan fingerprint density at radius 3 is 2.48 bits per heavy atom. The summed E-state index contributed by atoms with van der Waals surface area (Å²) in [6.07, 6.45) is 0. The first-order chi connectivity index (χ1) is 15.1. The SMILES string of the molecule is COc1cc(N2CCN(c3ccccc3)CC2)nc(NC(=S)NCc2ccc(C)o2)n1. The Balaban J connectivity index is 1.38. The summed E-state index contributed by atoms with van der Waals surface area (Å²) in [5.74, 6) is 3.37. The predicted octanol–water partition coefficient (Wildman–Crippen LogP) is 3.20. The molecule has 0 atom stereocenters. The molecule has 0 bridgehead atoms. The maximum atomic E-state index is 5.55. The van der Waals surface area contributed by atoms with Crippen LogP contribution >= 0.6 is 12.2 Å². The maximum absolute atomic E-state index is 5.55. The number of nitrogens with one attached hydrogen (secondary N) is 2. The summed E-state index contributed by atoms with van der Waals surface area (Å²) in [4.78, 5) is 13.6. The van der Waals surface area contributed by atoms with Crippen LogP contribution in [0.3, 0.4) is 0 Å². The van der Waals surface area contributed by atoms with Crippen molar-refractivity contribution in [2.24, 2.45) is 0 Å². The Labute approximate surface area is 187 Å². The topological polar surface area (TPSA) is 78.7 Å². The molecule has 1 aliphatic rings. The number of benzene rings is 1. The molecular weight excluding hydrogens is 412 g/mol. The average Bonchev–Trinajstić information content (AvgIpc) is 3.23. The van der Waals surface area contributed by atoms with Gasteiger partial charge in [-0.2, -0.15) is 9.97 Å². The first-order valence-corrected chi connectivity index (χ1v) is 10.6. The molecular formula is C22H26N6O2S. The molecule has 0 spiro atoms. The summed E-state index contributed by atoms with van der Waals surface area (Å²) in [7, 11) is 1.60.